The van der Waals surface area contributed by atoms with Gasteiger partial charge in [0.25, 0.3) is 0 Å². The van der Waals surface area contributed by atoms with Gasteiger partial charge in [-0.3, -0.25) is 0 Å². The van der Waals surface area contributed by atoms with Crippen LogP contribution < -0.4 is 9.84 Å². The molecule has 0 amide bonds. The topological polar surface area (TPSA) is 49.4 Å². The Morgan fingerprint density at radius 2 is 2.38 bits per heavy atom. The van der Waals surface area contributed by atoms with Crippen molar-refractivity contribution >= 4 is 17.6 Å². The van der Waals surface area contributed by atoms with Crippen LogP contribution in [-0.2, 0) is 11.2 Å². The normalized spacial score (nSPS) is 19.3. The average Bonchev–Trinajstić information content (AvgIpc) is 2.46. The number of halogens is 1. The third kappa shape index (κ3) is 1.47. The number of carbonyl (C=O) groups excluding carboxylic acids is 1. The number of hydrogen-bond acceptors (Lipinski definition) is 3. The van der Waals surface area contributed by atoms with Crippen molar-refractivity contribution in [1.82, 2.24) is 0 Å². The highest BCUT2D eigenvalue weighted by molar-refractivity contribution is 6.30. The van der Waals surface area contributed by atoms with Crippen molar-refractivity contribution in [3.8, 4) is 5.75 Å². The van der Waals surface area contributed by atoms with Crippen LogP contribution in [0.3, 0.4) is 0 Å². The molecule has 4 heteroatoms. The molecule has 13 heavy (non-hydrogen) atoms. The molecule has 0 unspecified atom stereocenters. The zero-order valence-corrected chi connectivity index (χ0v) is 7.38. The number of rotatable bonds is 1. The van der Waals surface area contributed by atoms with Crippen molar-refractivity contribution in [3.63, 3.8) is 0 Å². The molecular formula is C9H6ClO3-. The lowest BCUT2D eigenvalue weighted by Crippen LogP contribution is -2.38. The van der Waals surface area contributed by atoms with Crippen LogP contribution >= 0.6 is 11.6 Å². The van der Waals surface area contributed by atoms with Gasteiger partial charge in [0, 0.05) is 11.4 Å². The molecule has 1 aliphatic heterocycles. The zero-order chi connectivity index (χ0) is 9.42. The van der Waals surface area contributed by atoms with E-state index >= 15 is 0 Å². The lowest BCUT2D eigenvalue weighted by molar-refractivity contribution is -0.312. The minimum atomic E-state index is -1.19. The highest BCUT2D eigenvalue weighted by Gasteiger charge is 2.23. The summed E-state index contributed by atoms with van der Waals surface area (Å²) in [6, 6.07) is 5.04. The molecule has 0 aliphatic carbocycles. The molecule has 2 rings (SSSR count). The second-order valence-electron chi connectivity index (χ2n) is 2.88. The Morgan fingerprint density at radius 3 is 3.08 bits per heavy atom. The molecule has 1 heterocycles. The van der Waals surface area contributed by atoms with Crippen LogP contribution in [0.5, 0.6) is 5.75 Å². The number of carboxylic acid groups (broad SMARTS) is 1. The Hall–Kier alpha value is -1.22. The van der Waals surface area contributed by atoms with E-state index in [2.05, 4.69) is 0 Å². The molecular weight excluding hydrogens is 192 g/mol. The fourth-order valence-electron chi connectivity index (χ4n) is 1.35. The van der Waals surface area contributed by atoms with Gasteiger partial charge in [-0.15, -0.1) is 0 Å². The predicted molar refractivity (Wildman–Crippen MR) is 44.6 cm³/mol. The molecule has 0 N–H and O–H groups in total. The molecule has 1 aliphatic rings. The summed E-state index contributed by atoms with van der Waals surface area (Å²) in [4.78, 5) is 10.5. The van der Waals surface area contributed by atoms with Gasteiger partial charge in [0.2, 0.25) is 0 Å². The molecule has 0 aromatic heterocycles. The van der Waals surface area contributed by atoms with Gasteiger partial charge in [-0.1, -0.05) is 11.6 Å². The predicted octanol–water partition coefficient (Wildman–Crippen LogP) is 0.393. The van der Waals surface area contributed by atoms with Gasteiger partial charge in [0.1, 0.15) is 11.9 Å². The SMILES string of the molecule is O=C([O-])[C@H]1Cc2cc(Cl)ccc2O1. The van der Waals surface area contributed by atoms with E-state index < -0.39 is 12.1 Å². The molecule has 1 atom stereocenters. The molecule has 0 saturated heterocycles. The van der Waals surface area contributed by atoms with Gasteiger partial charge in [-0.2, -0.15) is 0 Å². The number of benzene rings is 1. The van der Waals surface area contributed by atoms with Crippen molar-refractivity contribution in [1.29, 1.82) is 0 Å². The first-order valence-electron chi connectivity index (χ1n) is 3.83. The van der Waals surface area contributed by atoms with E-state index in [-0.39, 0.29) is 0 Å². The summed E-state index contributed by atoms with van der Waals surface area (Å²) in [5, 5.41) is 11.1. The van der Waals surface area contributed by atoms with Crippen LogP contribution in [0.15, 0.2) is 18.2 Å². The van der Waals surface area contributed by atoms with E-state index in [0.717, 1.165) is 5.56 Å². The van der Waals surface area contributed by atoms with Crippen LogP contribution in [-0.4, -0.2) is 12.1 Å². The number of fused-ring (bicyclic) bond motifs is 1. The summed E-state index contributed by atoms with van der Waals surface area (Å²) in [5.41, 5.74) is 0.821. The number of carbonyl (C=O) groups is 1. The van der Waals surface area contributed by atoms with Crippen LogP contribution in [0.1, 0.15) is 5.56 Å². The van der Waals surface area contributed by atoms with E-state index in [1.165, 1.54) is 0 Å². The minimum Gasteiger partial charge on any atom is -0.546 e. The van der Waals surface area contributed by atoms with Gasteiger partial charge >= 0.3 is 0 Å². The first-order valence-corrected chi connectivity index (χ1v) is 4.20. The van der Waals surface area contributed by atoms with Crippen LogP contribution in [0.2, 0.25) is 5.02 Å². The van der Waals surface area contributed by atoms with Crippen molar-refractivity contribution in [3.05, 3.63) is 28.8 Å². The first-order chi connectivity index (χ1) is 6.16. The zero-order valence-electron chi connectivity index (χ0n) is 6.62. The second-order valence-corrected chi connectivity index (χ2v) is 3.32. The van der Waals surface area contributed by atoms with E-state index in [9.17, 15) is 9.90 Å². The summed E-state index contributed by atoms with van der Waals surface area (Å²) in [7, 11) is 0. The number of hydrogen-bond donors (Lipinski definition) is 0. The molecule has 0 fully saturated rings. The molecule has 3 nitrogen and oxygen atoms in total. The molecule has 0 spiro atoms. The molecule has 1 aromatic rings. The van der Waals surface area contributed by atoms with Crippen LogP contribution in [0.25, 0.3) is 0 Å². The molecule has 1 aromatic carbocycles. The smallest absolute Gasteiger partial charge is 0.142 e. The number of carboxylic acids is 1. The number of aliphatic carboxylic acids is 1. The second kappa shape index (κ2) is 2.92. The highest BCUT2D eigenvalue weighted by atomic mass is 35.5. The summed E-state index contributed by atoms with van der Waals surface area (Å²) in [5.74, 6) is -0.606. The Kier molecular flexibility index (Phi) is 1.88. The summed E-state index contributed by atoms with van der Waals surface area (Å²) >= 11 is 5.73. The monoisotopic (exact) mass is 197 g/mol. The fourth-order valence-corrected chi connectivity index (χ4v) is 1.54. The maximum absolute atomic E-state index is 10.5. The Bertz CT molecular complexity index is 362. The van der Waals surface area contributed by atoms with Gasteiger partial charge < -0.3 is 14.6 Å². The van der Waals surface area contributed by atoms with E-state index in [4.69, 9.17) is 16.3 Å². The summed E-state index contributed by atoms with van der Waals surface area (Å²) < 4.78 is 5.10. The van der Waals surface area contributed by atoms with Gasteiger partial charge in [0.15, 0.2) is 0 Å². The van der Waals surface area contributed by atoms with Gasteiger partial charge in [-0.25, -0.2) is 0 Å². The fraction of sp³-hybridized carbons (Fsp3) is 0.222. The first kappa shape index (κ1) is 8.38. The average molecular weight is 198 g/mol. The summed E-state index contributed by atoms with van der Waals surface area (Å²) in [6.07, 6.45) is -0.536. The van der Waals surface area contributed by atoms with E-state index in [0.29, 0.717) is 17.2 Å². The van der Waals surface area contributed by atoms with E-state index in [1.807, 2.05) is 0 Å². The van der Waals surface area contributed by atoms with Crippen molar-refractivity contribution in [2.24, 2.45) is 0 Å². The Balaban J connectivity index is 2.30. The standard InChI is InChI=1S/C9H7ClO3/c10-6-1-2-7-5(3-6)4-8(13-7)9(11)12/h1-3,8H,4H2,(H,11,12)/p-1/t8-/m1/s1. The molecule has 68 valence electrons. The molecule has 0 saturated carbocycles. The molecule has 0 bridgehead atoms. The maximum atomic E-state index is 10.5. The Morgan fingerprint density at radius 1 is 1.62 bits per heavy atom. The lowest BCUT2D eigenvalue weighted by atomic mass is 10.1. The summed E-state index contributed by atoms with van der Waals surface area (Å²) in [6.45, 7) is 0. The van der Waals surface area contributed by atoms with Gasteiger partial charge in [0.05, 0.1) is 5.97 Å². The third-order valence-electron chi connectivity index (χ3n) is 1.96. The highest BCUT2D eigenvalue weighted by Crippen LogP contribution is 2.30. The Labute approximate surface area is 79.9 Å². The van der Waals surface area contributed by atoms with Crippen molar-refractivity contribution in [2.45, 2.75) is 12.5 Å². The van der Waals surface area contributed by atoms with Crippen molar-refractivity contribution in [2.75, 3.05) is 0 Å². The van der Waals surface area contributed by atoms with Crippen LogP contribution in [0.4, 0.5) is 0 Å². The van der Waals surface area contributed by atoms with Crippen molar-refractivity contribution < 1.29 is 14.6 Å². The number of ether oxygens (including phenoxy) is 1. The van der Waals surface area contributed by atoms with Gasteiger partial charge in [-0.05, 0) is 23.8 Å². The molecule has 0 radical (unpaired) electrons. The van der Waals surface area contributed by atoms with Crippen LogP contribution in [0, 0.1) is 0 Å². The maximum Gasteiger partial charge on any atom is 0.142 e. The third-order valence-corrected chi connectivity index (χ3v) is 2.20. The minimum absolute atomic E-state index is 0.332. The lowest BCUT2D eigenvalue weighted by Gasteiger charge is -2.10. The quantitative estimate of drug-likeness (QED) is 0.655. The van der Waals surface area contributed by atoms with E-state index in [1.54, 1.807) is 18.2 Å². The largest absolute Gasteiger partial charge is 0.546 e.